The molecule has 4 nitrogen and oxygen atoms in total. The second kappa shape index (κ2) is 3.67. The molecule has 1 N–H and O–H groups in total. The highest BCUT2D eigenvalue weighted by Crippen LogP contribution is 2.77. The average molecular weight is 386 g/mol. The zero-order valence-electron chi connectivity index (χ0n) is 8.63. The van der Waals surface area contributed by atoms with Gasteiger partial charge in [0.15, 0.2) is 4.33 Å². The number of rotatable bonds is 0. The van der Waals surface area contributed by atoms with Crippen LogP contribution in [0.25, 0.3) is 0 Å². The number of carbonyl (C=O) groups is 2. The molecule has 10 heteroatoms. The molecule has 4 atom stereocenters. The molecule has 19 heavy (non-hydrogen) atoms. The van der Waals surface area contributed by atoms with E-state index in [0.29, 0.717) is 0 Å². The fourth-order valence-corrected chi connectivity index (χ4v) is 5.91. The van der Waals surface area contributed by atoms with E-state index in [1.54, 1.807) is 0 Å². The molecule has 1 aliphatic heterocycles. The van der Waals surface area contributed by atoms with E-state index in [2.05, 4.69) is 0 Å². The maximum absolute atomic E-state index is 11.9. The van der Waals surface area contributed by atoms with Crippen LogP contribution >= 0.6 is 69.6 Å². The molecular weight excluding hydrogens is 383 g/mol. The minimum atomic E-state index is -1.96. The lowest BCUT2D eigenvalue weighted by atomic mass is 9.84. The minimum absolute atomic E-state index is 0.0493. The van der Waals surface area contributed by atoms with Gasteiger partial charge in [0.25, 0.3) is 11.8 Å². The summed E-state index contributed by atoms with van der Waals surface area (Å²) in [5.74, 6) is -4.45. The molecule has 2 amide bonds. The summed E-state index contributed by atoms with van der Waals surface area (Å²) in [6, 6.07) is 0. The number of allylic oxidation sites excluding steroid dienone is 2. The van der Waals surface area contributed by atoms with E-state index in [-0.39, 0.29) is 15.1 Å². The molecular formula is C9H3Cl6NO3. The maximum Gasteiger partial charge on any atom is 0.259 e. The van der Waals surface area contributed by atoms with Crippen LogP contribution in [0.4, 0.5) is 0 Å². The van der Waals surface area contributed by atoms with Gasteiger partial charge in [-0.3, -0.25) is 14.8 Å². The number of alkyl halides is 4. The van der Waals surface area contributed by atoms with Crippen molar-refractivity contribution in [3.8, 4) is 0 Å². The summed E-state index contributed by atoms with van der Waals surface area (Å²) in [6.45, 7) is 0. The second-order valence-corrected chi connectivity index (χ2v) is 7.85. The van der Waals surface area contributed by atoms with Gasteiger partial charge in [0.05, 0.1) is 21.9 Å². The Morgan fingerprint density at radius 1 is 0.895 bits per heavy atom. The van der Waals surface area contributed by atoms with Crippen LogP contribution in [-0.4, -0.2) is 36.2 Å². The highest BCUT2D eigenvalue weighted by molar-refractivity contribution is 6.66. The molecule has 0 aromatic heterocycles. The minimum Gasteiger partial charge on any atom is -0.278 e. The molecule has 3 aliphatic rings. The number of fused-ring (bicyclic) bond motifs is 5. The zero-order valence-corrected chi connectivity index (χ0v) is 13.2. The number of nitrogens with zero attached hydrogens (tertiary/aromatic N) is 1. The molecule has 4 unspecified atom stereocenters. The van der Waals surface area contributed by atoms with Crippen LogP contribution in [-0.2, 0) is 9.59 Å². The summed E-state index contributed by atoms with van der Waals surface area (Å²) >= 11 is 37.0. The average Bonchev–Trinajstić information content (AvgIpc) is 2.69. The van der Waals surface area contributed by atoms with Gasteiger partial charge >= 0.3 is 0 Å². The van der Waals surface area contributed by atoms with Crippen LogP contribution in [0.5, 0.6) is 0 Å². The molecule has 2 bridgehead atoms. The first-order valence-electron chi connectivity index (χ1n) is 4.93. The van der Waals surface area contributed by atoms with Crippen LogP contribution in [0.3, 0.4) is 0 Å². The Morgan fingerprint density at radius 2 is 1.21 bits per heavy atom. The van der Waals surface area contributed by atoms with Crippen molar-refractivity contribution in [1.29, 1.82) is 0 Å². The summed E-state index contributed by atoms with van der Waals surface area (Å²) in [7, 11) is 0. The first-order chi connectivity index (χ1) is 8.54. The summed E-state index contributed by atoms with van der Waals surface area (Å²) in [5, 5.41) is 9.01. The Bertz CT molecular complexity index is 530. The van der Waals surface area contributed by atoms with Gasteiger partial charge in [0.1, 0.15) is 9.75 Å². The monoisotopic (exact) mass is 383 g/mol. The summed E-state index contributed by atoms with van der Waals surface area (Å²) in [4.78, 5) is 20.2. The summed E-state index contributed by atoms with van der Waals surface area (Å²) in [6.07, 6.45) is 0. The molecule has 2 fully saturated rings. The number of amides is 2. The Labute approximate surface area is 137 Å². The predicted molar refractivity (Wildman–Crippen MR) is 71.0 cm³/mol. The fourth-order valence-electron chi connectivity index (χ4n) is 2.98. The van der Waals surface area contributed by atoms with Gasteiger partial charge in [0, 0.05) is 0 Å². The third-order valence-electron chi connectivity index (χ3n) is 3.89. The van der Waals surface area contributed by atoms with E-state index in [9.17, 15) is 14.8 Å². The van der Waals surface area contributed by atoms with E-state index in [1.165, 1.54) is 0 Å². The second-order valence-electron chi connectivity index (χ2n) is 4.57. The molecule has 1 saturated heterocycles. The third kappa shape index (κ3) is 1.15. The highest BCUT2D eigenvalue weighted by atomic mass is 35.5. The van der Waals surface area contributed by atoms with Gasteiger partial charge in [-0.15, -0.1) is 23.2 Å². The van der Waals surface area contributed by atoms with Crippen molar-refractivity contribution < 1.29 is 14.8 Å². The van der Waals surface area contributed by atoms with Gasteiger partial charge in [-0.2, -0.15) is 5.06 Å². The predicted octanol–water partition coefficient (Wildman–Crippen LogP) is 2.82. The topological polar surface area (TPSA) is 57.6 Å². The van der Waals surface area contributed by atoms with Crippen LogP contribution in [0, 0.1) is 11.8 Å². The van der Waals surface area contributed by atoms with E-state index in [4.69, 9.17) is 69.6 Å². The molecule has 0 aromatic carbocycles. The van der Waals surface area contributed by atoms with Crippen LogP contribution in [0.1, 0.15) is 0 Å². The number of carbonyl (C=O) groups excluding carboxylic acids is 2. The Kier molecular flexibility index (Phi) is 2.80. The van der Waals surface area contributed by atoms with Gasteiger partial charge in [0.2, 0.25) is 0 Å². The lowest BCUT2D eigenvalue weighted by Crippen LogP contribution is -2.49. The number of hydrogen-bond acceptors (Lipinski definition) is 3. The molecule has 1 saturated carbocycles. The van der Waals surface area contributed by atoms with E-state index < -0.39 is 37.7 Å². The van der Waals surface area contributed by atoms with Crippen LogP contribution in [0.2, 0.25) is 0 Å². The molecule has 1 heterocycles. The highest BCUT2D eigenvalue weighted by Gasteiger charge is 2.87. The van der Waals surface area contributed by atoms with Gasteiger partial charge in [-0.1, -0.05) is 46.4 Å². The van der Waals surface area contributed by atoms with Gasteiger partial charge in [-0.05, 0) is 0 Å². The van der Waals surface area contributed by atoms with Crippen molar-refractivity contribution in [3.63, 3.8) is 0 Å². The Morgan fingerprint density at radius 3 is 1.53 bits per heavy atom. The van der Waals surface area contributed by atoms with Crippen molar-refractivity contribution in [3.05, 3.63) is 10.1 Å². The van der Waals surface area contributed by atoms with Crippen molar-refractivity contribution >= 4 is 81.4 Å². The molecule has 2 aliphatic carbocycles. The number of hydroxylamine groups is 2. The standard InChI is InChI=1S/C9H3Cl6NO3/c10-3-4(11)8(13)2-1(5(17)16(19)6(2)18)7(3,12)9(8,14)15/h1-2,19H. The first kappa shape index (κ1) is 14.5. The third-order valence-corrected chi connectivity index (χ3v) is 8.14. The van der Waals surface area contributed by atoms with Crippen LogP contribution in [0.15, 0.2) is 10.1 Å². The molecule has 3 rings (SSSR count). The number of halogens is 6. The summed E-state index contributed by atoms with van der Waals surface area (Å²) in [5.41, 5.74) is 0. The lowest BCUT2D eigenvalue weighted by molar-refractivity contribution is -0.173. The van der Waals surface area contributed by atoms with Crippen LogP contribution < -0.4 is 0 Å². The molecule has 0 spiro atoms. The smallest absolute Gasteiger partial charge is 0.259 e. The van der Waals surface area contributed by atoms with E-state index in [1.807, 2.05) is 0 Å². The van der Waals surface area contributed by atoms with Gasteiger partial charge in [-0.25, -0.2) is 0 Å². The Balaban J connectivity index is 2.36. The Hall–Kier alpha value is 0.580. The molecule has 104 valence electrons. The largest absolute Gasteiger partial charge is 0.278 e. The SMILES string of the molecule is O=C1C2C(C(=O)N1O)C1(Cl)C(Cl)=C(Cl)C2(Cl)C1(Cl)Cl. The number of imide groups is 1. The lowest BCUT2D eigenvalue weighted by Gasteiger charge is -2.33. The quantitative estimate of drug-likeness (QED) is 0.396. The molecule has 0 radical (unpaired) electrons. The van der Waals surface area contributed by atoms with Crippen molar-refractivity contribution in [1.82, 2.24) is 5.06 Å². The maximum atomic E-state index is 11.9. The van der Waals surface area contributed by atoms with E-state index >= 15 is 0 Å². The first-order valence-corrected chi connectivity index (χ1v) is 7.20. The van der Waals surface area contributed by atoms with Crippen molar-refractivity contribution in [2.45, 2.75) is 14.1 Å². The van der Waals surface area contributed by atoms with Crippen molar-refractivity contribution in [2.75, 3.05) is 0 Å². The van der Waals surface area contributed by atoms with E-state index in [0.717, 1.165) is 0 Å². The summed E-state index contributed by atoms with van der Waals surface area (Å²) < 4.78 is -1.96. The molecule has 0 aromatic rings. The fraction of sp³-hybridized carbons (Fsp3) is 0.556. The van der Waals surface area contributed by atoms with Crippen molar-refractivity contribution in [2.24, 2.45) is 11.8 Å². The van der Waals surface area contributed by atoms with Gasteiger partial charge < -0.3 is 0 Å². The zero-order chi connectivity index (χ0) is 14.5. The normalized spacial score (nSPS) is 47.4. The number of hydrogen-bond donors (Lipinski definition) is 1.